The number of nitrogens with zero attached hydrogens (tertiary/aromatic N) is 5. The number of benzene rings is 1. The fraction of sp³-hybridized carbons (Fsp3) is 0.348. The fourth-order valence-corrected chi connectivity index (χ4v) is 5.65. The SMILES string of the molecule is Cc1ccc(S(=O)(=O)N2CCCC2c2nc(N(C)C)ncc2-c2ccncc2C)cc1. The van der Waals surface area contributed by atoms with E-state index in [-0.39, 0.29) is 6.04 Å². The molecule has 1 fully saturated rings. The lowest BCUT2D eigenvalue weighted by molar-refractivity contribution is 0.391. The Kier molecular flexibility index (Phi) is 5.77. The highest BCUT2D eigenvalue weighted by Crippen LogP contribution is 2.40. The van der Waals surface area contributed by atoms with E-state index in [0.29, 0.717) is 23.8 Å². The molecule has 0 aliphatic carbocycles. The molecule has 0 radical (unpaired) electrons. The first-order valence-corrected chi connectivity index (χ1v) is 11.8. The molecule has 7 nitrogen and oxygen atoms in total. The molecular formula is C23H27N5O2S. The molecule has 0 N–H and O–H groups in total. The van der Waals surface area contributed by atoms with E-state index < -0.39 is 10.0 Å². The first kappa shape index (κ1) is 21.4. The van der Waals surface area contributed by atoms with Crippen molar-refractivity contribution in [3.63, 3.8) is 0 Å². The van der Waals surface area contributed by atoms with Crippen molar-refractivity contribution in [1.29, 1.82) is 0 Å². The molecule has 31 heavy (non-hydrogen) atoms. The van der Waals surface area contributed by atoms with Crippen molar-refractivity contribution in [3.8, 4) is 11.1 Å². The molecule has 3 aromatic rings. The van der Waals surface area contributed by atoms with Crippen molar-refractivity contribution >= 4 is 16.0 Å². The predicted octanol–water partition coefficient (Wildman–Crippen LogP) is 3.75. The van der Waals surface area contributed by atoms with Crippen LogP contribution < -0.4 is 4.90 Å². The normalized spacial score (nSPS) is 17.1. The van der Waals surface area contributed by atoms with Crippen molar-refractivity contribution < 1.29 is 8.42 Å². The number of aryl methyl sites for hydroxylation is 2. The minimum absolute atomic E-state index is 0.313. The van der Waals surface area contributed by atoms with Gasteiger partial charge >= 0.3 is 0 Å². The van der Waals surface area contributed by atoms with Crippen molar-refractivity contribution in [3.05, 3.63) is 65.7 Å². The second-order valence-electron chi connectivity index (χ2n) is 8.14. The van der Waals surface area contributed by atoms with Gasteiger partial charge in [0.05, 0.1) is 16.6 Å². The van der Waals surface area contributed by atoms with Crippen molar-refractivity contribution in [2.75, 3.05) is 25.5 Å². The van der Waals surface area contributed by atoms with E-state index in [0.717, 1.165) is 34.4 Å². The summed E-state index contributed by atoms with van der Waals surface area (Å²) < 4.78 is 28.6. The average molecular weight is 438 g/mol. The summed E-state index contributed by atoms with van der Waals surface area (Å²) in [5, 5.41) is 0. The van der Waals surface area contributed by atoms with Crippen molar-refractivity contribution in [1.82, 2.24) is 19.3 Å². The standard InChI is InChI=1S/C23H27N5O2S/c1-16-7-9-18(10-8-16)31(29,30)28-13-5-6-21(28)22-20(15-25-23(26-22)27(3)4)19-11-12-24-14-17(19)2/h7-12,14-15,21H,5-6,13H2,1-4H3. The summed E-state index contributed by atoms with van der Waals surface area (Å²) >= 11 is 0. The molecule has 1 saturated heterocycles. The highest BCUT2D eigenvalue weighted by molar-refractivity contribution is 7.89. The van der Waals surface area contributed by atoms with Gasteiger partial charge < -0.3 is 4.90 Å². The molecule has 1 aliphatic heterocycles. The van der Waals surface area contributed by atoms with Crippen LogP contribution in [0, 0.1) is 13.8 Å². The summed E-state index contributed by atoms with van der Waals surface area (Å²) in [5.41, 5.74) is 4.58. The predicted molar refractivity (Wildman–Crippen MR) is 121 cm³/mol. The Bertz CT molecular complexity index is 1190. The second kappa shape index (κ2) is 8.36. The van der Waals surface area contributed by atoms with Gasteiger partial charge in [0, 0.05) is 44.8 Å². The van der Waals surface area contributed by atoms with Gasteiger partial charge in [0.25, 0.3) is 0 Å². The van der Waals surface area contributed by atoms with Crippen LogP contribution in [0.5, 0.6) is 0 Å². The molecule has 1 aromatic carbocycles. The zero-order valence-electron chi connectivity index (χ0n) is 18.3. The third-order valence-electron chi connectivity index (χ3n) is 5.66. The summed E-state index contributed by atoms with van der Waals surface area (Å²) in [6, 6.07) is 8.60. The first-order chi connectivity index (χ1) is 14.8. The lowest BCUT2D eigenvalue weighted by Crippen LogP contribution is -2.31. The molecule has 0 bridgehead atoms. The van der Waals surface area contributed by atoms with Crippen LogP contribution in [0.1, 0.15) is 35.7 Å². The summed E-state index contributed by atoms with van der Waals surface area (Å²) in [5.74, 6) is 0.560. The van der Waals surface area contributed by atoms with Gasteiger partial charge in [-0.1, -0.05) is 17.7 Å². The third kappa shape index (κ3) is 4.05. The van der Waals surface area contributed by atoms with Crippen LogP contribution in [0.2, 0.25) is 0 Å². The minimum atomic E-state index is -3.65. The molecule has 8 heteroatoms. The van der Waals surface area contributed by atoms with Crippen LogP contribution in [0.25, 0.3) is 11.1 Å². The molecule has 1 aliphatic rings. The third-order valence-corrected chi connectivity index (χ3v) is 7.59. The van der Waals surface area contributed by atoms with Crippen LogP contribution in [-0.2, 0) is 10.0 Å². The minimum Gasteiger partial charge on any atom is -0.347 e. The smallest absolute Gasteiger partial charge is 0.243 e. The Labute approximate surface area is 183 Å². The van der Waals surface area contributed by atoms with E-state index in [1.54, 1.807) is 35.0 Å². The molecule has 1 unspecified atom stereocenters. The average Bonchev–Trinajstić information content (AvgIpc) is 3.25. The fourth-order valence-electron chi connectivity index (χ4n) is 3.98. The maximum Gasteiger partial charge on any atom is 0.243 e. The lowest BCUT2D eigenvalue weighted by Gasteiger charge is -2.26. The summed E-state index contributed by atoms with van der Waals surface area (Å²) in [6.45, 7) is 4.40. The molecule has 0 saturated carbocycles. The Morgan fingerprint density at radius 3 is 2.45 bits per heavy atom. The second-order valence-corrected chi connectivity index (χ2v) is 10.0. The lowest BCUT2D eigenvalue weighted by atomic mass is 9.98. The Morgan fingerprint density at radius 2 is 1.77 bits per heavy atom. The Hall–Kier alpha value is -2.84. The van der Waals surface area contributed by atoms with Gasteiger partial charge in [0.1, 0.15) is 0 Å². The largest absolute Gasteiger partial charge is 0.347 e. The van der Waals surface area contributed by atoms with Crippen molar-refractivity contribution in [2.24, 2.45) is 0 Å². The number of sulfonamides is 1. The number of aromatic nitrogens is 3. The number of pyridine rings is 1. The maximum absolute atomic E-state index is 13.5. The van der Waals surface area contributed by atoms with E-state index in [2.05, 4.69) is 9.97 Å². The number of hydrogen-bond acceptors (Lipinski definition) is 6. The van der Waals surface area contributed by atoms with Crippen LogP contribution in [0.15, 0.2) is 53.8 Å². The summed E-state index contributed by atoms with van der Waals surface area (Å²) in [6.07, 6.45) is 6.84. The van der Waals surface area contributed by atoms with E-state index >= 15 is 0 Å². The zero-order chi connectivity index (χ0) is 22.2. The van der Waals surface area contributed by atoms with Gasteiger partial charge in [-0.2, -0.15) is 4.31 Å². The van der Waals surface area contributed by atoms with E-state index in [1.165, 1.54) is 0 Å². The first-order valence-electron chi connectivity index (χ1n) is 10.3. The zero-order valence-corrected chi connectivity index (χ0v) is 19.1. The van der Waals surface area contributed by atoms with Gasteiger partial charge in [0.15, 0.2) is 0 Å². The Balaban J connectivity index is 1.84. The van der Waals surface area contributed by atoms with E-state index in [4.69, 9.17) is 4.98 Å². The van der Waals surface area contributed by atoms with Gasteiger partial charge in [-0.05, 0) is 56.0 Å². The quantitative estimate of drug-likeness (QED) is 0.605. The van der Waals surface area contributed by atoms with Crippen LogP contribution in [0.3, 0.4) is 0 Å². The van der Waals surface area contributed by atoms with Crippen LogP contribution >= 0.6 is 0 Å². The van der Waals surface area contributed by atoms with Gasteiger partial charge in [0.2, 0.25) is 16.0 Å². The molecule has 4 rings (SSSR count). The van der Waals surface area contributed by atoms with Crippen LogP contribution in [-0.4, -0.2) is 48.3 Å². The Morgan fingerprint density at radius 1 is 1.03 bits per heavy atom. The number of rotatable bonds is 5. The summed E-state index contributed by atoms with van der Waals surface area (Å²) in [7, 11) is 0.114. The highest BCUT2D eigenvalue weighted by Gasteiger charge is 2.38. The van der Waals surface area contributed by atoms with Gasteiger partial charge in [-0.25, -0.2) is 18.4 Å². The summed E-state index contributed by atoms with van der Waals surface area (Å²) in [4.78, 5) is 15.7. The number of anilines is 1. The number of hydrogen-bond donors (Lipinski definition) is 0. The molecule has 2 aromatic heterocycles. The van der Waals surface area contributed by atoms with Crippen molar-refractivity contribution in [2.45, 2.75) is 37.6 Å². The van der Waals surface area contributed by atoms with Crippen LogP contribution in [0.4, 0.5) is 5.95 Å². The maximum atomic E-state index is 13.5. The van der Waals surface area contributed by atoms with Gasteiger partial charge in [-0.15, -0.1) is 0 Å². The van der Waals surface area contributed by atoms with Gasteiger partial charge in [-0.3, -0.25) is 4.98 Å². The van der Waals surface area contributed by atoms with E-state index in [9.17, 15) is 8.42 Å². The molecular weight excluding hydrogens is 410 g/mol. The highest BCUT2D eigenvalue weighted by atomic mass is 32.2. The van der Waals surface area contributed by atoms with E-state index in [1.807, 2.05) is 51.0 Å². The molecule has 1 atom stereocenters. The molecule has 0 amide bonds. The topological polar surface area (TPSA) is 79.3 Å². The molecule has 3 heterocycles. The molecule has 0 spiro atoms. The molecule has 162 valence electrons. The monoisotopic (exact) mass is 437 g/mol.